The minimum absolute atomic E-state index is 0.0729. The Hall–Kier alpha value is -2.98. The van der Waals surface area contributed by atoms with E-state index in [4.69, 9.17) is 0 Å². The zero-order chi connectivity index (χ0) is 20.9. The second kappa shape index (κ2) is 6.78. The average molecular weight is 410 g/mol. The fourth-order valence-corrected chi connectivity index (χ4v) is 5.02. The summed E-state index contributed by atoms with van der Waals surface area (Å²) < 4.78 is 39.0. The molecule has 3 heterocycles. The predicted molar refractivity (Wildman–Crippen MR) is 109 cm³/mol. The van der Waals surface area contributed by atoms with Crippen molar-refractivity contribution in [1.29, 1.82) is 5.26 Å². The van der Waals surface area contributed by atoms with Crippen LogP contribution in [-0.2, 0) is 18.1 Å². The summed E-state index contributed by atoms with van der Waals surface area (Å²) in [6.45, 7) is 2.24. The summed E-state index contributed by atoms with van der Waals surface area (Å²) in [4.78, 5) is 5.65. The molecule has 0 unspecified atom stereocenters. The Morgan fingerprint density at radius 3 is 2.57 bits per heavy atom. The van der Waals surface area contributed by atoms with Crippen LogP contribution < -0.4 is 10.2 Å². The number of para-hydroxylation sites is 1. The van der Waals surface area contributed by atoms with E-state index in [1.165, 1.54) is 22.7 Å². The largest absolute Gasteiger partial charge is 0.416 e. The number of halogens is 3. The topological polar surface area (TPSA) is 54.9 Å². The van der Waals surface area contributed by atoms with Gasteiger partial charge in [0.2, 0.25) is 0 Å². The van der Waals surface area contributed by atoms with Crippen molar-refractivity contribution in [1.82, 2.24) is 10.3 Å². The minimum Gasteiger partial charge on any atom is -0.370 e. The van der Waals surface area contributed by atoms with Gasteiger partial charge in [-0.05, 0) is 49.1 Å². The van der Waals surface area contributed by atoms with Crippen molar-refractivity contribution in [2.75, 3.05) is 24.5 Å². The molecule has 0 aliphatic carbocycles. The molecular weight excluding hydrogens is 389 g/mol. The monoisotopic (exact) mass is 410 g/mol. The van der Waals surface area contributed by atoms with Crippen LogP contribution in [-0.4, -0.2) is 24.6 Å². The van der Waals surface area contributed by atoms with Crippen LogP contribution in [0.5, 0.6) is 0 Å². The van der Waals surface area contributed by atoms with Crippen molar-refractivity contribution >= 4 is 16.6 Å². The zero-order valence-electron chi connectivity index (χ0n) is 16.3. The van der Waals surface area contributed by atoms with Crippen molar-refractivity contribution in [3.8, 4) is 6.07 Å². The van der Waals surface area contributed by atoms with Gasteiger partial charge in [-0.25, -0.2) is 0 Å². The first-order chi connectivity index (χ1) is 14.4. The number of benzene rings is 2. The molecule has 30 heavy (non-hydrogen) atoms. The van der Waals surface area contributed by atoms with Crippen molar-refractivity contribution in [2.45, 2.75) is 31.0 Å². The molecule has 2 aliphatic heterocycles. The molecular formula is C23H21F3N4. The number of hydrogen-bond acceptors (Lipinski definition) is 3. The minimum atomic E-state index is -4.45. The molecule has 0 radical (unpaired) electrons. The van der Waals surface area contributed by atoms with Crippen LogP contribution in [0.3, 0.4) is 0 Å². The smallest absolute Gasteiger partial charge is 0.370 e. The summed E-state index contributed by atoms with van der Waals surface area (Å²) in [5.74, 6) is 0. The zero-order valence-corrected chi connectivity index (χ0v) is 16.3. The fraction of sp³-hybridized carbons (Fsp3) is 0.348. The summed E-state index contributed by atoms with van der Waals surface area (Å²) in [7, 11) is 0. The van der Waals surface area contributed by atoms with E-state index >= 15 is 0 Å². The molecule has 2 aromatic carbocycles. The second-order valence-electron chi connectivity index (χ2n) is 8.11. The highest BCUT2D eigenvalue weighted by molar-refractivity contribution is 5.85. The molecule has 3 aromatic rings. The molecule has 7 heteroatoms. The number of aromatic amines is 1. The Morgan fingerprint density at radius 2 is 1.83 bits per heavy atom. The molecule has 2 aliphatic rings. The number of nitriles is 1. The highest BCUT2D eigenvalue weighted by Gasteiger charge is 2.41. The van der Waals surface area contributed by atoms with E-state index in [0.717, 1.165) is 43.5 Å². The number of nitrogens with one attached hydrogen (secondary N) is 2. The number of alkyl halides is 3. The molecule has 154 valence electrons. The third-order valence-electron chi connectivity index (χ3n) is 6.53. The predicted octanol–water partition coefficient (Wildman–Crippen LogP) is 4.70. The lowest BCUT2D eigenvalue weighted by molar-refractivity contribution is -0.137. The number of anilines is 1. The fourth-order valence-electron chi connectivity index (χ4n) is 5.02. The molecule has 0 atom stereocenters. The van der Waals surface area contributed by atoms with E-state index < -0.39 is 11.7 Å². The summed E-state index contributed by atoms with van der Waals surface area (Å²) in [6, 6.07) is 13.7. The van der Waals surface area contributed by atoms with Gasteiger partial charge in [0.25, 0.3) is 0 Å². The summed E-state index contributed by atoms with van der Waals surface area (Å²) in [5, 5.41) is 14.4. The lowest BCUT2D eigenvalue weighted by Crippen LogP contribution is -2.54. The first-order valence-corrected chi connectivity index (χ1v) is 10.1. The molecule has 4 nitrogen and oxygen atoms in total. The molecule has 0 bridgehead atoms. The van der Waals surface area contributed by atoms with E-state index in [1.807, 2.05) is 17.0 Å². The average Bonchev–Trinajstić information content (AvgIpc) is 3.14. The lowest BCUT2D eigenvalue weighted by atomic mass is 9.79. The standard InChI is InChI=1S/C23H21F3N4/c24-23(25,26)16-5-6-20(15(13-16)14-27)30-11-8-22(9-12-30)21-18(7-10-28-22)17-3-1-2-4-19(17)29-21/h1-6,13,28-29H,7-12H2. The molecule has 0 saturated carbocycles. The molecule has 1 aromatic heterocycles. The van der Waals surface area contributed by atoms with E-state index in [2.05, 4.69) is 28.5 Å². The van der Waals surface area contributed by atoms with E-state index in [0.29, 0.717) is 18.8 Å². The normalized spacial score (nSPS) is 18.4. The van der Waals surface area contributed by atoms with Gasteiger partial charge in [0.1, 0.15) is 6.07 Å². The summed E-state index contributed by atoms with van der Waals surface area (Å²) in [5.41, 5.74) is 3.45. The Labute approximate surface area is 172 Å². The third-order valence-corrected chi connectivity index (χ3v) is 6.53. The molecule has 5 rings (SSSR count). The van der Waals surface area contributed by atoms with Crippen LogP contribution in [0.2, 0.25) is 0 Å². The van der Waals surface area contributed by atoms with Crippen LogP contribution in [0.15, 0.2) is 42.5 Å². The quantitative estimate of drug-likeness (QED) is 0.612. The third kappa shape index (κ3) is 2.94. The Bertz CT molecular complexity index is 1150. The van der Waals surface area contributed by atoms with Gasteiger partial charge in [0.05, 0.1) is 22.4 Å². The van der Waals surface area contributed by atoms with Gasteiger partial charge in [-0.2, -0.15) is 18.4 Å². The van der Waals surface area contributed by atoms with Gasteiger partial charge >= 0.3 is 6.18 Å². The number of rotatable bonds is 1. The van der Waals surface area contributed by atoms with E-state index in [9.17, 15) is 18.4 Å². The van der Waals surface area contributed by atoms with E-state index in [-0.39, 0.29) is 11.1 Å². The molecule has 1 fully saturated rings. The molecule has 1 saturated heterocycles. The van der Waals surface area contributed by atoms with Gasteiger partial charge in [0, 0.05) is 36.2 Å². The second-order valence-corrected chi connectivity index (χ2v) is 8.11. The summed E-state index contributed by atoms with van der Waals surface area (Å²) >= 11 is 0. The van der Waals surface area contributed by atoms with Crippen molar-refractivity contribution < 1.29 is 13.2 Å². The Morgan fingerprint density at radius 1 is 1.07 bits per heavy atom. The SMILES string of the molecule is N#Cc1cc(C(F)(F)F)ccc1N1CCC2(CC1)NCCc1c2[nH]c2ccccc12. The van der Waals surface area contributed by atoms with Gasteiger partial charge in [-0.1, -0.05) is 18.2 Å². The van der Waals surface area contributed by atoms with Gasteiger partial charge in [-0.3, -0.25) is 0 Å². The van der Waals surface area contributed by atoms with Crippen LogP contribution in [0, 0.1) is 11.3 Å². The number of H-pyrrole nitrogens is 1. The van der Waals surface area contributed by atoms with Gasteiger partial charge in [-0.15, -0.1) is 0 Å². The first kappa shape index (κ1) is 19.0. The van der Waals surface area contributed by atoms with Crippen LogP contribution in [0.4, 0.5) is 18.9 Å². The number of aromatic nitrogens is 1. The highest BCUT2D eigenvalue weighted by Crippen LogP contribution is 2.41. The highest BCUT2D eigenvalue weighted by atomic mass is 19.4. The first-order valence-electron chi connectivity index (χ1n) is 10.1. The van der Waals surface area contributed by atoms with Crippen molar-refractivity contribution in [3.63, 3.8) is 0 Å². The Kier molecular flexibility index (Phi) is 4.30. The van der Waals surface area contributed by atoms with Crippen LogP contribution in [0.25, 0.3) is 10.9 Å². The Balaban J connectivity index is 1.44. The maximum absolute atomic E-state index is 13.0. The molecule has 2 N–H and O–H groups in total. The summed E-state index contributed by atoms with van der Waals surface area (Å²) in [6.07, 6.45) is -1.84. The van der Waals surface area contributed by atoms with Gasteiger partial charge in [0.15, 0.2) is 0 Å². The number of nitrogens with zero attached hydrogens (tertiary/aromatic N) is 2. The maximum atomic E-state index is 13.0. The maximum Gasteiger partial charge on any atom is 0.416 e. The molecule has 0 amide bonds. The van der Waals surface area contributed by atoms with Crippen molar-refractivity contribution in [2.24, 2.45) is 0 Å². The molecule has 1 spiro atoms. The van der Waals surface area contributed by atoms with Gasteiger partial charge < -0.3 is 15.2 Å². The van der Waals surface area contributed by atoms with Crippen molar-refractivity contribution in [3.05, 3.63) is 64.8 Å². The van der Waals surface area contributed by atoms with Crippen LogP contribution >= 0.6 is 0 Å². The number of hydrogen-bond donors (Lipinski definition) is 2. The van der Waals surface area contributed by atoms with Crippen LogP contribution in [0.1, 0.15) is 35.2 Å². The van der Waals surface area contributed by atoms with E-state index in [1.54, 1.807) is 0 Å². The lowest BCUT2D eigenvalue weighted by Gasteiger charge is -2.45. The number of fused-ring (bicyclic) bond motifs is 4. The number of piperidine rings is 1.